The molecule has 1 rings (SSSR count). The number of carbonyl (C=O) groups is 1. The third kappa shape index (κ3) is 3.54. The maximum absolute atomic E-state index is 11.5. The molecule has 0 fully saturated rings. The Balaban J connectivity index is 2.40. The maximum Gasteiger partial charge on any atom is 0.233 e. The van der Waals surface area contributed by atoms with Crippen LogP contribution in [0.2, 0.25) is 0 Å². The van der Waals surface area contributed by atoms with Gasteiger partial charge in [0.15, 0.2) is 5.82 Å². The summed E-state index contributed by atoms with van der Waals surface area (Å²) >= 11 is 4.21. The number of nitrogens with one attached hydrogen (secondary N) is 1. The Hall–Kier alpha value is -1.04. The summed E-state index contributed by atoms with van der Waals surface area (Å²) in [7, 11) is 1.79. The number of carbonyl (C=O) groups excluding carboxylic acids is 1. The quantitative estimate of drug-likeness (QED) is 0.733. The summed E-state index contributed by atoms with van der Waals surface area (Å²) in [5, 5.41) is 6.51. The van der Waals surface area contributed by atoms with Gasteiger partial charge in [0.2, 0.25) is 5.91 Å². The van der Waals surface area contributed by atoms with Gasteiger partial charge in [-0.05, 0) is 5.92 Å². The molecule has 1 aromatic rings. The highest BCUT2D eigenvalue weighted by molar-refractivity contribution is 7.81. The van der Waals surface area contributed by atoms with Crippen LogP contribution < -0.4 is 5.32 Å². The Morgan fingerprint density at radius 3 is 2.80 bits per heavy atom. The molecule has 0 aliphatic rings. The van der Waals surface area contributed by atoms with Crippen molar-refractivity contribution in [2.45, 2.75) is 25.6 Å². The van der Waals surface area contributed by atoms with Gasteiger partial charge in [-0.3, -0.25) is 9.48 Å². The maximum atomic E-state index is 11.5. The predicted molar refractivity (Wildman–Crippen MR) is 60.5 cm³/mol. The first-order valence-corrected chi connectivity index (χ1v) is 5.32. The molecule has 0 aromatic carbocycles. The van der Waals surface area contributed by atoms with Gasteiger partial charge in [0.1, 0.15) is 6.33 Å². The molecule has 1 atom stereocenters. The molecule has 0 spiro atoms. The van der Waals surface area contributed by atoms with E-state index in [2.05, 4.69) is 28.0 Å². The summed E-state index contributed by atoms with van der Waals surface area (Å²) in [6.07, 6.45) is 1.60. The van der Waals surface area contributed by atoms with Crippen molar-refractivity contribution in [3.05, 3.63) is 12.2 Å². The average Bonchev–Trinajstić information content (AvgIpc) is 2.59. The molecule has 5 nitrogen and oxygen atoms in total. The Bertz CT molecular complexity index is 337. The fourth-order valence-corrected chi connectivity index (χ4v) is 1.13. The lowest BCUT2D eigenvalue weighted by Gasteiger charge is -2.13. The molecule has 1 amide bonds. The van der Waals surface area contributed by atoms with Crippen LogP contribution in [0.25, 0.3) is 0 Å². The molecule has 0 saturated carbocycles. The number of nitrogens with zero attached hydrogens (tertiary/aromatic N) is 3. The van der Waals surface area contributed by atoms with E-state index in [0.717, 1.165) is 0 Å². The minimum atomic E-state index is -0.284. The minimum Gasteiger partial charge on any atom is -0.348 e. The van der Waals surface area contributed by atoms with Gasteiger partial charge in [0.05, 0.1) is 11.8 Å². The third-order valence-electron chi connectivity index (χ3n) is 1.97. The molecule has 1 unspecified atom stereocenters. The van der Waals surface area contributed by atoms with E-state index >= 15 is 0 Å². The van der Waals surface area contributed by atoms with Crippen LogP contribution in [-0.4, -0.2) is 25.9 Å². The summed E-state index contributed by atoms with van der Waals surface area (Å²) in [6, 6.07) is 0. The predicted octanol–water partition coefficient (Wildman–Crippen LogP) is 0.386. The van der Waals surface area contributed by atoms with Gasteiger partial charge in [-0.15, -0.1) is 0 Å². The van der Waals surface area contributed by atoms with Crippen molar-refractivity contribution in [3.63, 3.8) is 0 Å². The zero-order valence-corrected chi connectivity index (χ0v) is 10.0. The first-order valence-electron chi connectivity index (χ1n) is 4.81. The molecule has 1 heterocycles. The number of aryl methyl sites for hydroxylation is 1. The smallest absolute Gasteiger partial charge is 0.233 e. The fourth-order valence-electron chi connectivity index (χ4n) is 1.04. The van der Waals surface area contributed by atoms with Crippen LogP contribution in [0.5, 0.6) is 0 Å². The summed E-state index contributed by atoms with van der Waals surface area (Å²) in [6.45, 7) is 4.26. The monoisotopic (exact) mass is 228 g/mol. The zero-order valence-electron chi connectivity index (χ0n) is 9.14. The van der Waals surface area contributed by atoms with Gasteiger partial charge in [0.25, 0.3) is 0 Å². The van der Waals surface area contributed by atoms with Crippen LogP contribution >= 0.6 is 12.6 Å². The second-order valence-corrected chi connectivity index (χ2v) is 4.30. The van der Waals surface area contributed by atoms with E-state index < -0.39 is 0 Å². The number of thiol groups is 1. The Kier molecular flexibility index (Phi) is 4.14. The van der Waals surface area contributed by atoms with E-state index in [1.54, 1.807) is 18.1 Å². The summed E-state index contributed by atoms with van der Waals surface area (Å²) < 4.78 is 1.60. The number of amides is 1. The van der Waals surface area contributed by atoms with Crippen molar-refractivity contribution < 1.29 is 4.79 Å². The van der Waals surface area contributed by atoms with E-state index in [9.17, 15) is 4.79 Å². The average molecular weight is 228 g/mol. The van der Waals surface area contributed by atoms with Gasteiger partial charge in [0, 0.05) is 7.05 Å². The molecule has 15 heavy (non-hydrogen) atoms. The van der Waals surface area contributed by atoms with Crippen LogP contribution in [0.15, 0.2) is 6.33 Å². The molecule has 84 valence electrons. The lowest BCUT2D eigenvalue weighted by atomic mass is 10.1. The van der Waals surface area contributed by atoms with E-state index in [1.165, 1.54) is 0 Å². The Morgan fingerprint density at radius 2 is 2.33 bits per heavy atom. The van der Waals surface area contributed by atoms with Crippen molar-refractivity contribution in [1.29, 1.82) is 0 Å². The number of hydrogen-bond acceptors (Lipinski definition) is 4. The van der Waals surface area contributed by atoms with Gasteiger partial charge in [-0.1, -0.05) is 13.8 Å². The molecule has 0 aliphatic carbocycles. The number of rotatable bonds is 4. The third-order valence-corrected chi connectivity index (χ3v) is 2.80. The van der Waals surface area contributed by atoms with Crippen molar-refractivity contribution in [1.82, 2.24) is 20.1 Å². The van der Waals surface area contributed by atoms with Crippen LogP contribution in [-0.2, 0) is 18.4 Å². The van der Waals surface area contributed by atoms with E-state index in [0.29, 0.717) is 12.4 Å². The molecular formula is C9H16N4OS. The minimum absolute atomic E-state index is 0.0826. The molecule has 0 aliphatic heterocycles. The Labute approximate surface area is 94.7 Å². The summed E-state index contributed by atoms with van der Waals surface area (Å²) in [5.41, 5.74) is 0. The molecule has 6 heteroatoms. The summed E-state index contributed by atoms with van der Waals surface area (Å²) in [4.78, 5) is 15.5. The lowest BCUT2D eigenvalue weighted by molar-refractivity contribution is -0.121. The van der Waals surface area contributed by atoms with Crippen LogP contribution in [0.3, 0.4) is 0 Å². The van der Waals surface area contributed by atoms with E-state index in [4.69, 9.17) is 0 Å². The van der Waals surface area contributed by atoms with E-state index in [-0.39, 0.29) is 17.1 Å². The molecule has 0 saturated heterocycles. The second kappa shape index (κ2) is 5.16. The van der Waals surface area contributed by atoms with Gasteiger partial charge >= 0.3 is 0 Å². The van der Waals surface area contributed by atoms with Crippen molar-refractivity contribution in [2.75, 3.05) is 0 Å². The highest BCUT2D eigenvalue weighted by Crippen LogP contribution is 2.08. The van der Waals surface area contributed by atoms with Crippen molar-refractivity contribution >= 4 is 18.5 Å². The molecule has 0 radical (unpaired) electrons. The fraction of sp³-hybridized carbons (Fsp3) is 0.667. The summed E-state index contributed by atoms with van der Waals surface area (Å²) in [5.74, 6) is 0.737. The van der Waals surface area contributed by atoms with Crippen LogP contribution in [0, 0.1) is 5.92 Å². The van der Waals surface area contributed by atoms with Gasteiger partial charge < -0.3 is 5.32 Å². The first-order chi connectivity index (χ1) is 7.00. The van der Waals surface area contributed by atoms with E-state index in [1.807, 2.05) is 13.8 Å². The highest BCUT2D eigenvalue weighted by atomic mass is 32.1. The molecule has 1 N–H and O–H groups in total. The molecule has 0 bridgehead atoms. The first kappa shape index (κ1) is 12.0. The molecular weight excluding hydrogens is 212 g/mol. The van der Waals surface area contributed by atoms with Crippen molar-refractivity contribution in [3.8, 4) is 0 Å². The standard InChI is InChI=1S/C9H16N4OS/c1-6(2)8(15)9(14)10-4-7-11-5-13(3)12-7/h5-6,8,15H,4H2,1-3H3,(H,10,14). The highest BCUT2D eigenvalue weighted by Gasteiger charge is 2.17. The van der Waals surface area contributed by atoms with Crippen LogP contribution in [0.1, 0.15) is 19.7 Å². The topological polar surface area (TPSA) is 59.8 Å². The molecule has 1 aromatic heterocycles. The van der Waals surface area contributed by atoms with Gasteiger partial charge in [-0.25, -0.2) is 4.98 Å². The largest absolute Gasteiger partial charge is 0.348 e. The van der Waals surface area contributed by atoms with Crippen molar-refractivity contribution in [2.24, 2.45) is 13.0 Å². The lowest BCUT2D eigenvalue weighted by Crippen LogP contribution is -2.34. The van der Waals surface area contributed by atoms with Crippen LogP contribution in [0.4, 0.5) is 0 Å². The SMILES string of the molecule is CC(C)C(S)C(=O)NCc1ncn(C)n1. The second-order valence-electron chi connectivity index (χ2n) is 3.74. The Morgan fingerprint density at radius 1 is 1.67 bits per heavy atom. The zero-order chi connectivity index (χ0) is 11.4. The normalized spacial score (nSPS) is 12.9. The number of hydrogen-bond donors (Lipinski definition) is 2. The number of aromatic nitrogens is 3. The van der Waals surface area contributed by atoms with Gasteiger partial charge in [-0.2, -0.15) is 17.7 Å².